The summed E-state index contributed by atoms with van der Waals surface area (Å²) in [6.07, 6.45) is 10.00. The van der Waals surface area contributed by atoms with Crippen LogP contribution in [0, 0.1) is 0 Å². The van der Waals surface area contributed by atoms with Crippen molar-refractivity contribution in [3.05, 3.63) is 53.5 Å². The molecule has 0 amide bonds. The van der Waals surface area contributed by atoms with Crippen molar-refractivity contribution >= 4 is 0 Å². The molecule has 0 atom stereocenters. The monoisotopic (exact) mass is 440 g/mol. The Morgan fingerprint density at radius 1 is 1.03 bits per heavy atom. The van der Waals surface area contributed by atoms with E-state index in [-0.39, 0.29) is 10.8 Å². The van der Waals surface area contributed by atoms with Gasteiger partial charge in [0.15, 0.2) is 0 Å². The Labute approximate surface area is 189 Å². The molecule has 1 aromatic carbocycles. The topological polar surface area (TPSA) is 57.4 Å². The van der Waals surface area contributed by atoms with Crippen molar-refractivity contribution in [2.75, 3.05) is 19.8 Å². The fourth-order valence-corrected chi connectivity index (χ4v) is 5.79. The van der Waals surface area contributed by atoms with Gasteiger partial charge in [-0.2, -0.15) is 0 Å². The molecular weight excluding hydrogens is 407 g/mol. The minimum Gasteiger partial charge on any atom is -0.489 e. The summed E-state index contributed by atoms with van der Waals surface area (Å²) in [5.74, 6) is 2.82. The van der Waals surface area contributed by atoms with E-state index in [0.29, 0.717) is 30.8 Å². The molecule has 1 aromatic heterocycles. The largest absolute Gasteiger partial charge is 0.489 e. The predicted octanol–water partition coefficient (Wildman–Crippen LogP) is 6.15. The lowest BCUT2D eigenvalue weighted by Crippen LogP contribution is -2.46. The summed E-state index contributed by atoms with van der Waals surface area (Å²) in [5, 5.41) is 8.97. The van der Waals surface area contributed by atoms with Gasteiger partial charge in [-0.25, -0.2) is 4.39 Å². The van der Waals surface area contributed by atoms with E-state index in [1.54, 1.807) is 0 Å². The molecule has 3 saturated carbocycles. The van der Waals surface area contributed by atoms with Crippen LogP contribution < -0.4 is 4.74 Å². The van der Waals surface area contributed by atoms with Crippen molar-refractivity contribution in [2.24, 2.45) is 0 Å². The third-order valence-corrected chi connectivity index (χ3v) is 8.21. The highest BCUT2D eigenvalue weighted by Crippen LogP contribution is 2.58. The van der Waals surface area contributed by atoms with Gasteiger partial charge in [0.1, 0.15) is 12.4 Å². The average Bonchev–Trinajstić information content (AvgIpc) is 3.38. The van der Waals surface area contributed by atoms with Crippen LogP contribution in [0.25, 0.3) is 0 Å². The van der Waals surface area contributed by atoms with Gasteiger partial charge < -0.3 is 13.9 Å². The van der Waals surface area contributed by atoms with Crippen molar-refractivity contribution in [3.8, 4) is 5.75 Å². The van der Waals surface area contributed by atoms with E-state index < -0.39 is 0 Å². The average molecular weight is 441 g/mol. The number of ether oxygens (including phenoxy) is 2. The summed E-state index contributed by atoms with van der Waals surface area (Å²) in [6, 6.07) is 8.47. The molecule has 0 unspecified atom stereocenters. The van der Waals surface area contributed by atoms with E-state index >= 15 is 0 Å². The van der Waals surface area contributed by atoms with Crippen LogP contribution in [0.5, 0.6) is 5.75 Å². The maximum Gasteiger partial charge on any atom is 0.222 e. The van der Waals surface area contributed by atoms with Gasteiger partial charge in [-0.1, -0.05) is 19.1 Å². The van der Waals surface area contributed by atoms with Gasteiger partial charge in [0, 0.05) is 24.5 Å². The maximum atomic E-state index is 12.8. The predicted molar refractivity (Wildman–Crippen MR) is 120 cm³/mol. The second-order valence-electron chi connectivity index (χ2n) is 9.83. The molecule has 5 nitrogen and oxygen atoms in total. The molecule has 6 heteroatoms. The van der Waals surface area contributed by atoms with Crippen LogP contribution in [0.15, 0.2) is 40.6 Å². The van der Waals surface area contributed by atoms with E-state index in [1.165, 1.54) is 5.56 Å². The maximum absolute atomic E-state index is 12.8. The molecule has 4 aliphatic rings. The Morgan fingerprint density at radius 2 is 1.69 bits per heavy atom. The molecule has 172 valence electrons. The first-order valence-electron chi connectivity index (χ1n) is 12.1. The van der Waals surface area contributed by atoms with Crippen molar-refractivity contribution in [2.45, 2.75) is 81.5 Å². The first-order valence-corrected chi connectivity index (χ1v) is 12.1. The van der Waals surface area contributed by atoms with Crippen LogP contribution in [0.2, 0.25) is 0 Å². The third-order valence-electron chi connectivity index (χ3n) is 8.21. The first-order chi connectivity index (χ1) is 15.7. The SMILES string of the molecule is CC/C(=C\F)COc1ccc(C23CCC(c4nnc(C5CCOCC5)o4)(CC2)CC3)cc1. The number of hydrogen-bond acceptors (Lipinski definition) is 5. The fraction of sp³-hybridized carbons (Fsp3) is 0.615. The Hall–Kier alpha value is -2.21. The molecule has 2 bridgehead atoms. The molecular formula is C26H33FN2O3. The minimum atomic E-state index is 0.0521. The van der Waals surface area contributed by atoms with Crippen molar-refractivity contribution in [1.82, 2.24) is 10.2 Å². The molecule has 0 spiro atoms. The number of rotatable bonds is 7. The molecule has 1 saturated heterocycles. The van der Waals surface area contributed by atoms with E-state index in [2.05, 4.69) is 22.3 Å². The zero-order chi connectivity index (χ0) is 22.0. The van der Waals surface area contributed by atoms with Gasteiger partial charge in [-0.15, -0.1) is 10.2 Å². The van der Waals surface area contributed by atoms with Gasteiger partial charge in [0.25, 0.3) is 0 Å². The van der Waals surface area contributed by atoms with Gasteiger partial charge in [0.2, 0.25) is 11.8 Å². The molecule has 32 heavy (non-hydrogen) atoms. The number of nitrogens with zero attached hydrogens (tertiary/aromatic N) is 2. The Bertz CT molecular complexity index is 922. The van der Waals surface area contributed by atoms with Gasteiger partial charge in [-0.05, 0) is 86.5 Å². The standard InChI is InChI=1S/C26H33FN2O3/c1-2-19(17-27)18-31-22-5-3-21(4-6-22)25-9-12-26(13-10-25,14-11-25)24-29-28-23(32-24)20-7-15-30-16-8-20/h3-6,17,20H,2,7-16,18H2,1H3/b19-17+. The van der Waals surface area contributed by atoms with Crippen LogP contribution in [0.1, 0.15) is 88.0 Å². The molecule has 1 aliphatic heterocycles. The van der Waals surface area contributed by atoms with Crippen LogP contribution >= 0.6 is 0 Å². The summed E-state index contributed by atoms with van der Waals surface area (Å²) in [4.78, 5) is 0. The molecule has 0 N–H and O–H groups in total. The van der Waals surface area contributed by atoms with Crippen LogP contribution in [0.4, 0.5) is 4.39 Å². The molecule has 2 heterocycles. The zero-order valence-electron chi connectivity index (χ0n) is 18.9. The van der Waals surface area contributed by atoms with E-state index in [4.69, 9.17) is 13.9 Å². The summed E-state index contributed by atoms with van der Waals surface area (Å²) < 4.78 is 30.3. The Balaban J connectivity index is 1.24. The first kappa shape index (κ1) is 21.6. The second kappa shape index (κ2) is 8.97. The van der Waals surface area contributed by atoms with Crippen LogP contribution in [-0.4, -0.2) is 30.0 Å². The third kappa shape index (κ3) is 3.98. The van der Waals surface area contributed by atoms with Crippen LogP contribution in [-0.2, 0) is 15.6 Å². The lowest BCUT2D eigenvalue weighted by molar-refractivity contribution is 0.0696. The highest BCUT2D eigenvalue weighted by atomic mass is 19.1. The van der Waals surface area contributed by atoms with Crippen molar-refractivity contribution in [3.63, 3.8) is 0 Å². The van der Waals surface area contributed by atoms with Gasteiger partial charge >= 0.3 is 0 Å². The summed E-state index contributed by atoms with van der Waals surface area (Å²) in [6.45, 7) is 3.81. The van der Waals surface area contributed by atoms with E-state index in [1.807, 2.05) is 19.1 Å². The lowest BCUT2D eigenvalue weighted by Gasteiger charge is -2.52. The van der Waals surface area contributed by atoms with Crippen molar-refractivity contribution in [1.29, 1.82) is 0 Å². The quantitative estimate of drug-likeness (QED) is 0.517. The molecule has 6 rings (SSSR count). The number of halogens is 1. The highest BCUT2D eigenvalue weighted by molar-refractivity contribution is 5.35. The molecule has 0 radical (unpaired) electrons. The van der Waals surface area contributed by atoms with E-state index in [0.717, 1.165) is 82.1 Å². The summed E-state index contributed by atoms with van der Waals surface area (Å²) in [5.41, 5.74) is 2.35. The van der Waals surface area contributed by atoms with Crippen LogP contribution in [0.3, 0.4) is 0 Å². The summed E-state index contributed by atoms with van der Waals surface area (Å²) >= 11 is 0. The second-order valence-corrected chi connectivity index (χ2v) is 9.83. The number of benzene rings is 1. The van der Waals surface area contributed by atoms with Gasteiger partial charge in [0.05, 0.1) is 6.33 Å². The van der Waals surface area contributed by atoms with Crippen molar-refractivity contribution < 1.29 is 18.3 Å². The van der Waals surface area contributed by atoms with Gasteiger partial charge in [-0.3, -0.25) is 0 Å². The van der Waals surface area contributed by atoms with E-state index in [9.17, 15) is 4.39 Å². The summed E-state index contributed by atoms with van der Waals surface area (Å²) in [7, 11) is 0. The smallest absolute Gasteiger partial charge is 0.222 e. The fourth-order valence-electron chi connectivity index (χ4n) is 5.79. The number of fused-ring (bicyclic) bond motifs is 3. The molecule has 3 aliphatic carbocycles. The lowest BCUT2D eigenvalue weighted by atomic mass is 9.52. The Morgan fingerprint density at radius 3 is 2.31 bits per heavy atom. The minimum absolute atomic E-state index is 0.0521. The Kier molecular flexibility index (Phi) is 6.06. The molecule has 2 aromatic rings. The zero-order valence-corrected chi connectivity index (χ0v) is 18.9. The normalized spacial score (nSPS) is 28.8. The number of aromatic nitrogens is 2. The molecule has 4 fully saturated rings. The highest BCUT2D eigenvalue weighted by Gasteiger charge is 2.52. The number of hydrogen-bond donors (Lipinski definition) is 0.